The van der Waals surface area contributed by atoms with E-state index in [1.165, 1.54) is 5.56 Å². The summed E-state index contributed by atoms with van der Waals surface area (Å²) in [5.74, 6) is 0.571. The van der Waals surface area contributed by atoms with Crippen molar-refractivity contribution >= 4 is 17.5 Å². The van der Waals surface area contributed by atoms with E-state index >= 15 is 0 Å². The lowest BCUT2D eigenvalue weighted by atomic mass is 10.1. The Morgan fingerprint density at radius 3 is 2.65 bits per heavy atom. The van der Waals surface area contributed by atoms with E-state index in [-0.39, 0.29) is 18.6 Å². The molecule has 0 aromatic heterocycles. The van der Waals surface area contributed by atoms with Crippen LogP contribution in [0.3, 0.4) is 0 Å². The number of benzene rings is 2. The quantitative estimate of drug-likeness (QED) is 0.827. The third-order valence-electron chi connectivity index (χ3n) is 3.61. The highest BCUT2D eigenvalue weighted by molar-refractivity contribution is 6.30. The van der Waals surface area contributed by atoms with E-state index < -0.39 is 0 Å². The Bertz CT molecular complexity index is 643. The van der Waals surface area contributed by atoms with Crippen LogP contribution in [-0.2, 0) is 11.2 Å². The summed E-state index contributed by atoms with van der Waals surface area (Å²) in [5.41, 5.74) is 2.20. The highest BCUT2D eigenvalue weighted by atomic mass is 35.5. The Balaban J connectivity index is 1.73. The molecule has 0 spiro atoms. The first-order valence-corrected chi connectivity index (χ1v) is 8.14. The van der Waals surface area contributed by atoms with Crippen LogP contribution in [-0.4, -0.2) is 18.6 Å². The van der Waals surface area contributed by atoms with E-state index in [0.717, 1.165) is 18.4 Å². The number of halogens is 1. The molecule has 2 aromatic carbocycles. The van der Waals surface area contributed by atoms with Crippen molar-refractivity contribution in [2.45, 2.75) is 32.7 Å². The summed E-state index contributed by atoms with van der Waals surface area (Å²) >= 11 is 5.90. The van der Waals surface area contributed by atoms with Crippen molar-refractivity contribution in [2.24, 2.45) is 0 Å². The molecule has 1 atom stereocenters. The first-order chi connectivity index (χ1) is 11.0. The van der Waals surface area contributed by atoms with Gasteiger partial charge in [0.25, 0.3) is 5.91 Å². The minimum absolute atomic E-state index is 0.0121. The molecule has 0 saturated heterocycles. The lowest BCUT2D eigenvalue weighted by Crippen LogP contribution is -2.36. The number of hydrogen-bond acceptors (Lipinski definition) is 2. The first kappa shape index (κ1) is 17.4. The molecule has 0 heterocycles. The van der Waals surface area contributed by atoms with Crippen molar-refractivity contribution in [2.75, 3.05) is 6.61 Å². The Hall–Kier alpha value is -2.00. The largest absolute Gasteiger partial charge is 0.484 e. The van der Waals surface area contributed by atoms with Gasteiger partial charge in [0.05, 0.1) is 0 Å². The zero-order valence-corrected chi connectivity index (χ0v) is 14.3. The third-order valence-corrected chi connectivity index (χ3v) is 3.85. The van der Waals surface area contributed by atoms with Crippen LogP contribution in [0.15, 0.2) is 48.5 Å². The van der Waals surface area contributed by atoms with E-state index in [1.54, 1.807) is 12.1 Å². The van der Waals surface area contributed by atoms with Crippen LogP contribution < -0.4 is 10.1 Å². The van der Waals surface area contributed by atoms with E-state index in [4.69, 9.17) is 16.3 Å². The number of aryl methyl sites for hydroxylation is 2. The molecule has 0 bridgehead atoms. The van der Waals surface area contributed by atoms with Gasteiger partial charge in [0.15, 0.2) is 6.61 Å². The minimum Gasteiger partial charge on any atom is -0.484 e. The molecule has 2 rings (SSSR count). The van der Waals surface area contributed by atoms with E-state index in [2.05, 4.69) is 17.4 Å². The third kappa shape index (κ3) is 5.95. The van der Waals surface area contributed by atoms with Crippen LogP contribution in [0.2, 0.25) is 5.02 Å². The van der Waals surface area contributed by atoms with Crippen molar-refractivity contribution in [1.82, 2.24) is 5.32 Å². The Kier molecular flexibility index (Phi) is 6.48. The van der Waals surface area contributed by atoms with Crippen LogP contribution in [0.25, 0.3) is 0 Å². The standard InChI is InChI=1S/C19H22ClNO2/c1-14-12-17(20)10-11-18(14)23-13-19(22)21-15(2)8-9-16-6-4-3-5-7-16/h3-7,10-12,15H,8-9,13H2,1-2H3,(H,21,22)/t15-/m1/s1. The summed E-state index contributed by atoms with van der Waals surface area (Å²) < 4.78 is 5.55. The van der Waals surface area contributed by atoms with Gasteiger partial charge in [-0.25, -0.2) is 0 Å². The van der Waals surface area contributed by atoms with E-state index in [1.807, 2.05) is 38.1 Å². The lowest BCUT2D eigenvalue weighted by molar-refractivity contribution is -0.123. The average Bonchev–Trinajstić information content (AvgIpc) is 2.53. The van der Waals surface area contributed by atoms with Gasteiger partial charge in [-0.05, 0) is 56.0 Å². The molecule has 1 amide bonds. The van der Waals surface area contributed by atoms with Gasteiger partial charge in [0.2, 0.25) is 0 Å². The second-order valence-electron chi connectivity index (χ2n) is 5.69. The Morgan fingerprint density at radius 1 is 1.22 bits per heavy atom. The zero-order chi connectivity index (χ0) is 16.7. The summed E-state index contributed by atoms with van der Waals surface area (Å²) in [6, 6.07) is 15.7. The van der Waals surface area contributed by atoms with Crippen molar-refractivity contribution in [3.05, 3.63) is 64.7 Å². The van der Waals surface area contributed by atoms with Crippen molar-refractivity contribution in [3.8, 4) is 5.75 Å². The highest BCUT2D eigenvalue weighted by Gasteiger charge is 2.09. The second kappa shape index (κ2) is 8.59. The minimum atomic E-state index is -0.111. The number of rotatable bonds is 7. The van der Waals surface area contributed by atoms with Gasteiger partial charge in [-0.3, -0.25) is 4.79 Å². The second-order valence-corrected chi connectivity index (χ2v) is 6.13. The lowest BCUT2D eigenvalue weighted by Gasteiger charge is -2.15. The summed E-state index contributed by atoms with van der Waals surface area (Å²) in [4.78, 5) is 12.0. The maximum atomic E-state index is 12.0. The van der Waals surface area contributed by atoms with Crippen LogP contribution in [0.4, 0.5) is 0 Å². The molecule has 4 heteroatoms. The fourth-order valence-electron chi connectivity index (χ4n) is 2.33. The molecule has 1 N–H and O–H groups in total. The molecule has 0 radical (unpaired) electrons. The SMILES string of the molecule is Cc1cc(Cl)ccc1OCC(=O)N[C@H](C)CCc1ccccc1. The molecule has 0 aliphatic carbocycles. The van der Waals surface area contributed by atoms with Gasteiger partial charge in [0.1, 0.15) is 5.75 Å². The maximum Gasteiger partial charge on any atom is 0.258 e. The summed E-state index contributed by atoms with van der Waals surface area (Å²) in [5, 5.41) is 3.62. The topological polar surface area (TPSA) is 38.3 Å². The maximum absolute atomic E-state index is 12.0. The van der Waals surface area contributed by atoms with Gasteiger partial charge in [-0.2, -0.15) is 0 Å². The summed E-state index contributed by atoms with van der Waals surface area (Å²) in [6.45, 7) is 3.92. The Labute approximate surface area is 142 Å². The summed E-state index contributed by atoms with van der Waals surface area (Å²) in [7, 11) is 0. The van der Waals surface area contributed by atoms with Gasteiger partial charge in [-0.15, -0.1) is 0 Å². The molecule has 122 valence electrons. The van der Waals surface area contributed by atoms with Crippen LogP contribution >= 0.6 is 11.6 Å². The molecule has 3 nitrogen and oxygen atoms in total. The number of nitrogens with one attached hydrogen (secondary N) is 1. The normalized spacial score (nSPS) is 11.8. The van der Waals surface area contributed by atoms with Crippen molar-refractivity contribution < 1.29 is 9.53 Å². The van der Waals surface area contributed by atoms with Crippen molar-refractivity contribution in [1.29, 1.82) is 0 Å². The molecular weight excluding hydrogens is 310 g/mol. The molecule has 0 aliphatic heterocycles. The predicted octanol–water partition coefficient (Wildman–Crippen LogP) is 4.16. The fourth-order valence-corrected chi connectivity index (χ4v) is 2.56. The number of carbonyl (C=O) groups excluding carboxylic acids is 1. The van der Waals surface area contributed by atoms with Crippen molar-refractivity contribution in [3.63, 3.8) is 0 Å². The van der Waals surface area contributed by atoms with Gasteiger partial charge >= 0.3 is 0 Å². The highest BCUT2D eigenvalue weighted by Crippen LogP contribution is 2.21. The van der Waals surface area contributed by atoms with Crippen LogP contribution in [0.1, 0.15) is 24.5 Å². The van der Waals surface area contributed by atoms with Crippen LogP contribution in [0.5, 0.6) is 5.75 Å². The average molecular weight is 332 g/mol. The first-order valence-electron chi connectivity index (χ1n) is 7.77. The number of ether oxygens (including phenoxy) is 1. The van der Waals surface area contributed by atoms with Crippen LogP contribution in [0, 0.1) is 6.92 Å². The molecule has 23 heavy (non-hydrogen) atoms. The molecule has 2 aromatic rings. The van der Waals surface area contributed by atoms with Gasteiger partial charge in [0, 0.05) is 11.1 Å². The smallest absolute Gasteiger partial charge is 0.258 e. The molecular formula is C19H22ClNO2. The monoisotopic (exact) mass is 331 g/mol. The Morgan fingerprint density at radius 2 is 1.96 bits per heavy atom. The molecule has 0 aliphatic rings. The predicted molar refractivity (Wildman–Crippen MR) is 94.1 cm³/mol. The van der Waals surface area contributed by atoms with E-state index in [9.17, 15) is 4.79 Å². The zero-order valence-electron chi connectivity index (χ0n) is 13.5. The number of amides is 1. The molecule has 0 fully saturated rings. The molecule has 0 unspecified atom stereocenters. The fraction of sp³-hybridized carbons (Fsp3) is 0.316. The van der Waals surface area contributed by atoms with Gasteiger partial charge in [-0.1, -0.05) is 41.9 Å². The number of hydrogen-bond donors (Lipinski definition) is 1. The number of carbonyl (C=O) groups is 1. The van der Waals surface area contributed by atoms with Gasteiger partial charge < -0.3 is 10.1 Å². The summed E-state index contributed by atoms with van der Waals surface area (Å²) in [6.07, 6.45) is 1.84. The molecule has 0 saturated carbocycles. The van der Waals surface area contributed by atoms with E-state index in [0.29, 0.717) is 10.8 Å².